The lowest BCUT2D eigenvalue weighted by molar-refractivity contribution is -0.195. The summed E-state index contributed by atoms with van der Waals surface area (Å²) in [5, 5.41) is 21.8. The van der Waals surface area contributed by atoms with E-state index in [-0.39, 0.29) is 12.8 Å². The minimum atomic E-state index is -1.08. The molecule has 6 nitrogen and oxygen atoms in total. The Balaban J connectivity index is 0. The Morgan fingerprint density at radius 1 is 1.19 bits per heavy atom. The molecular weight excluding hydrogens is 346 g/mol. The molecule has 0 amide bonds. The summed E-state index contributed by atoms with van der Waals surface area (Å²) in [7, 11) is 1.81. The van der Waals surface area contributed by atoms with Crippen molar-refractivity contribution >= 4 is 11.7 Å². The predicted molar refractivity (Wildman–Crippen MR) is 112 cm³/mol. The van der Waals surface area contributed by atoms with Gasteiger partial charge in [0.25, 0.3) is 0 Å². The first-order valence-corrected chi connectivity index (χ1v) is 10.1. The maximum absolute atomic E-state index is 11.0. The Morgan fingerprint density at radius 2 is 1.78 bits per heavy atom. The van der Waals surface area contributed by atoms with Crippen LogP contribution in [-0.2, 0) is 16.0 Å². The Bertz CT molecular complexity index is 507. The molecule has 0 spiro atoms. The summed E-state index contributed by atoms with van der Waals surface area (Å²) >= 11 is 0. The molecule has 3 atom stereocenters. The van der Waals surface area contributed by atoms with Crippen molar-refractivity contribution in [1.29, 1.82) is 0 Å². The molecule has 3 N–H and O–H groups in total. The van der Waals surface area contributed by atoms with Crippen molar-refractivity contribution < 1.29 is 24.5 Å². The molecule has 1 aliphatic rings. The lowest BCUT2D eigenvalue weighted by atomic mass is 10.1. The summed E-state index contributed by atoms with van der Waals surface area (Å²) in [6.45, 7) is 14.0. The molecule has 0 bridgehead atoms. The minimum absolute atomic E-state index is 0.0897. The lowest BCUT2D eigenvalue weighted by Gasteiger charge is -2.31. The van der Waals surface area contributed by atoms with Crippen LogP contribution in [0.1, 0.15) is 66.9 Å². The third-order valence-corrected chi connectivity index (χ3v) is 3.54. The van der Waals surface area contributed by atoms with Gasteiger partial charge in [0.2, 0.25) is 6.29 Å². The number of aliphatic hydroxyl groups excluding tert-OH is 1. The summed E-state index contributed by atoms with van der Waals surface area (Å²) in [6, 6.07) is 5.75. The van der Waals surface area contributed by atoms with Gasteiger partial charge in [0.1, 0.15) is 5.75 Å². The number of aliphatic hydroxyl groups is 1. The van der Waals surface area contributed by atoms with Crippen molar-refractivity contribution in [3.05, 3.63) is 23.8 Å². The number of aliphatic carboxylic acids is 1. The van der Waals surface area contributed by atoms with Crippen LogP contribution < -0.4 is 10.1 Å². The molecule has 1 heterocycles. The maximum atomic E-state index is 11.0. The van der Waals surface area contributed by atoms with Crippen molar-refractivity contribution in [2.45, 2.75) is 86.2 Å². The number of anilines is 1. The normalized spacial score (nSPS) is 20.4. The van der Waals surface area contributed by atoms with Gasteiger partial charge in [-0.1, -0.05) is 54.5 Å². The van der Waals surface area contributed by atoms with Crippen LogP contribution in [-0.4, -0.2) is 41.7 Å². The molecule has 1 aromatic rings. The van der Waals surface area contributed by atoms with E-state index in [2.05, 4.69) is 5.32 Å². The fraction of sp³-hybridized carbons (Fsp3) is 0.667. The number of carboxylic acid groups (broad SMARTS) is 1. The first-order chi connectivity index (χ1) is 13.0. The quantitative estimate of drug-likeness (QED) is 0.681. The van der Waals surface area contributed by atoms with Crippen molar-refractivity contribution in [3.63, 3.8) is 0 Å². The predicted octanol–water partition coefficient (Wildman–Crippen LogP) is 4.70. The summed E-state index contributed by atoms with van der Waals surface area (Å²) in [4.78, 5) is 11.0. The van der Waals surface area contributed by atoms with Crippen LogP contribution in [0.4, 0.5) is 5.69 Å². The van der Waals surface area contributed by atoms with E-state index in [1.807, 2.05) is 73.7 Å². The van der Waals surface area contributed by atoms with Gasteiger partial charge in [-0.3, -0.25) is 0 Å². The second kappa shape index (κ2) is 16.4. The average Bonchev–Trinajstić information content (AvgIpc) is 2.72. The molecule has 0 aromatic heterocycles. The second-order valence-corrected chi connectivity index (χ2v) is 5.06. The van der Waals surface area contributed by atoms with Crippen LogP contribution in [0.15, 0.2) is 18.2 Å². The molecule has 0 radical (unpaired) electrons. The average molecular weight is 386 g/mol. The Hall–Kier alpha value is -1.79. The Morgan fingerprint density at radius 3 is 2.26 bits per heavy atom. The van der Waals surface area contributed by atoms with E-state index in [1.165, 1.54) is 0 Å². The van der Waals surface area contributed by atoms with E-state index in [4.69, 9.17) is 14.6 Å². The number of hydrogen-bond donors (Lipinski definition) is 3. The van der Waals surface area contributed by atoms with Gasteiger partial charge in [-0.2, -0.15) is 0 Å². The van der Waals surface area contributed by atoms with E-state index in [9.17, 15) is 9.90 Å². The third-order valence-electron chi connectivity index (χ3n) is 3.54. The van der Waals surface area contributed by atoms with Gasteiger partial charge in [-0.25, -0.2) is 4.79 Å². The van der Waals surface area contributed by atoms with Crippen molar-refractivity contribution in [1.82, 2.24) is 0 Å². The number of nitrogens with one attached hydrogen (secondary N) is 1. The van der Waals surface area contributed by atoms with Crippen LogP contribution in [0.25, 0.3) is 0 Å². The van der Waals surface area contributed by atoms with Crippen LogP contribution >= 0.6 is 0 Å². The summed E-state index contributed by atoms with van der Waals surface area (Å²) in [5.41, 5.74) is 1.90. The molecule has 158 valence electrons. The molecule has 2 rings (SSSR count). The smallest absolute Gasteiger partial charge is 0.333 e. The van der Waals surface area contributed by atoms with Crippen molar-refractivity contribution in [2.75, 3.05) is 12.4 Å². The number of benzene rings is 1. The summed E-state index contributed by atoms with van der Waals surface area (Å²) < 4.78 is 11.2. The highest BCUT2D eigenvalue weighted by Crippen LogP contribution is 2.28. The molecule has 3 unspecified atom stereocenters. The lowest BCUT2D eigenvalue weighted by Crippen LogP contribution is -2.42. The highest BCUT2D eigenvalue weighted by atomic mass is 16.7. The first kappa shape index (κ1) is 27.4. The number of carboxylic acids is 1. The number of hydrogen-bond acceptors (Lipinski definition) is 5. The van der Waals surface area contributed by atoms with Crippen LogP contribution in [0.5, 0.6) is 5.75 Å². The molecule has 27 heavy (non-hydrogen) atoms. The highest BCUT2D eigenvalue weighted by Gasteiger charge is 2.34. The zero-order chi connectivity index (χ0) is 21.4. The van der Waals surface area contributed by atoms with Gasteiger partial charge >= 0.3 is 5.97 Å². The molecule has 1 saturated heterocycles. The second-order valence-electron chi connectivity index (χ2n) is 5.06. The number of rotatable bonds is 5. The molecule has 1 fully saturated rings. The molecule has 1 aliphatic heterocycles. The molecule has 1 aromatic carbocycles. The maximum Gasteiger partial charge on any atom is 0.333 e. The van der Waals surface area contributed by atoms with Gasteiger partial charge < -0.3 is 25.0 Å². The molecule has 0 aliphatic carbocycles. The third kappa shape index (κ3) is 9.63. The Kier molecular flexibility index (Phi) is 16.6. The van der Waals surface area contributed by atoms with E-state index < -0.39 is 24.5 Å². The van der Waals surface area contributed by atoms with E-state index in [1.54, 1.807) is 0 Å². The minimum Gasteiger partial charge on any atom is -0.479 e. The number of carbonyl (C=O) groups is 1. The topological polar surface area (TPSA) is 88.0 Å². The highest BCUT2D eigenvalue weighted by molar-refractivity contribution is 5.72. The monoisotopic (exact) mass is 385 g/mol. The van der Waals surface area contributed by atoms with E-state index >= 15 is 0 Å². The van der Waals surface area contributed by atoms with Crippen molar-refractivity contribution in [3.8, 4) is 5.75 Å². The van der Waals surface area contributed by atoms with Gasteiger partial charge in [0.15, 0.2) is 6.10 Å². The fourth-order valence-corrected chi connectivity index (χ4v) is 2.35. The van der Waals surface area contributed by atoms with Crippen molar-refractivity contribution in [2.24, 2.45) is 0 Å². The van der Waals surface area contributed by atoms with Crippen LogP contribution in [0.3, 0.4) is 0 Å². The SMILES string of the molecule is CC.CC.CC.CCc1ccc(NC)cc1OC1CC(O)CC(C(=O)O)O1. The zero-order valence-electron chi connectivity index (χ0n) is 18.2. The van der Waals surface area contributed by atoms with Gasteiger partial charge in [0, 0.05) is 31.6 Å². The largest absolute Gasteiger partial charge is 0.479 e. The van der Waals surface area contributed by atoms with Gasteiger partial charge in [0.05, 0.1) is 6.10 Å². The number of ether oxygens (including phenoxy) is 2. The van der Waals surface area contributed by atoms with E-state index in [0.29, 0.717) is 5.75 Å². The summed E-state index contributed by atoms with van der Waals surface area (Å²) in [6.07, 6.45) is -1.38. The van der Waals surface area contributed by atoms with Crippen LogP contribution in [0.2, 0.25) is 0 Å². The van der Waals surface area contributed by atoms with E-state index in [0.717, 1.165) is 17.7 Å². The molecular formula is C21H39NO5. The molecule has 0 saturated carbocycles. The van der Waals surface area contributed by atoms with Gasteiger partial charge in [-0.15, -0.1) is 0 Å². The van der Waals surface area contributed by atoms with Gasteiger partial charge in [-0.05, 0) is 18.1 Å². The molecule has 6 heteroatoms. The standard InChI is InChI=1S/C15H21NO5.3C2H6/c1-3-9-4-5-10(16-2)6-12(9)20-14-8-11(17)7-13(21-14)15(18)19;3*1-2/h4-6,11,13-14,16-17H,3,7-8H2,1-2H3,(H,18,19);3*1-2H3. The fourth-order valence-electron chi connectivity index (χ4n) is 2.35. The van der Waals surface area contributed by atoms with Crippen LogP contribution in [0, 0.1) is 0 Å². The zero-order valence-corrected chi connectivity index (χ0v) is 18.2. The summed E-state index contributed by atoms with van der Waals surface area (Å²) in [5.74, 6) is -0.436. The Labute approximate surface area is 164 Å². The first-order valence-electron chi connectivity index (χ1n) is 10.1. The number of aryl methyl sites for hydroxylation is 1.